The normalized spacial score (nSPS) is 24.3. The molecule has 0 amide bonds. The predicted molar refractivity (Wildman–Crippen MR) is 62.8 cm³/mol. The second kappa shape index (κ2) is 4.59. The average molecular weight is 257 g/mol. The van der Waals surface area contributed by atoms with Crippen LogP contribution in [0.5, 0.6) is 0 Å². The summed E-state index contributed by atoms with van der Waals surface area (Å²) >= 11 is 0. The van der Waals surface area contributed by atoms with Gasteiger partial charge in [0, 0.05) is 25.5 Å². The Morgan fingerprint density at radius 3 is 2.82 bits per heavy atom. The molecule has 3 N–H and O–H groups in total. The Hall–Kier alpha value is -1.18. The molecule has 1 saturated carbocycles. The van der Waals surface area contributed by atoms with E-state index < -0.39 is 10.0 Å². The molecule has 0 aromatic carbocycles. The van der Waals surface area contributed by atoms with Crippen molar-refractivity contribution in [1.82, 2.24) is 9.71 Å². The molecular weight excluding hydrogens is 242 g/mol. The minimum absolute atomic E-state index is 0.0286. The Labute approximate surface area is 100 Å². The molecule has 1 aliphatic carbocycles. The topological polar surface area (TPSA) is 94.3 Å². The summed E-state index contributed by atoms with van der Waals surface area (Å²) in [5.41, 5.74) is 5.82. The third-order valence-electron chi connectivity index (χ3n) is 2.86. The summed E-state index contributed by atoms with van der Waals surface area (Å²) in [5, 5.41) is 0. The lowest BCUT2D eigenvalue weighted by Gasteiger charge is -2.34. The smallest absolute Gasteiger partial charge is 0.244 e. The van der Waals surface area contributed by atoms with Crippen LogP contribution >= 0.6 is 0 Å². The lowest BCUT2D eigenvalue weighted by atomic mass is 9.90. The number of rotatable bonds is 4. The largest absolute Gasteiger partial charge is 0.398 e. The fourth-order valence-electron chi connectivity index (χ4n) is 1.75. The van der Waals surface area contributed by atoms with Gasteiger partial charge in [-0.15, -0.1) is 0 Å². The zero-order valence-electron chi connectivity index (χ0n) is 9.46. The van der Waals surface area contributed by atoms with E-state index >= 15 is 0 Å². The summed E-state index contributed by atoms with van der Waals surface area (Å²) in [7, 11) is -1.96. The maximum atomic E-state index is 12.0. The molecule has 0 unspecified atom stereocenters. The number of ether oxygens (including phenoxy) is 1. The molecule has 1 heterocycles. The summed E-state index contributed by atoms with van der Waals surface area (Å²) in [6, 6.07) is 1.39. The van der Waals surface area contributed by atoms with Crippen LogP contribution in [-0.4, -0.2) is 32.7 Å². The lowest BCUT2D eigenvalue weighted by Crippen LogP contribution is -2.47. The average Bonchev–Trinajstić information content (AvgIpc) is 2.23. The molecule has 7 heteroatoms. The Kier molecular flexibility index (Phi) is 3.32. The highest BCUT2D eigenvalue weighted by Crippen LogP contribution is 2.25. The first kappa shape index (κ1) is 12.3. The summed E-state index contributed by atoms with van der Waals surface area (Å²) in [6.07, 6.45) is 4.24. The van der Waals surface area contributed by atoms with Crippen LogP contribution in [0, 0.1) is 0 Å². The maximum absolute atomic E-state index is 12.0. The monoisotopic (exact) mass is 257 g/mol. The number of pyridine rings is 1. The molecule has 6 nitrogen and oxygen atoms in total. The highest BCUT2D eigenvalue weighted by Gasteiger charge is 2.33. The molecule has 2 rings (SSSR count). The number of sulfonamides is 1. The van der Waals surface area contributed by atoms with Crippen molar-refractivity contribution < 1.29 is 13.2 Å². The van der Waals surface area contributed by atoms with E-state index in [1.54, 1.807) is 7.11 Å². The number of anilines is 1. The van der Waals surface area contributed by atoms with E-state index in [1.807, 2.05) is 0 Å². The molecule has 1 fully saturated rings. The Morgan fingerprint density at radius 2 is 2.24 bits per heavy atom. The van der Waals surface area contributed by atoms with E-state index in [0.29, 0.717) is 12.8 Å². The highest BCUT2D eigenvalue weighted by atomic mass is 32.2. The van der Waals surface area contributed by atoms with Crippen molar-refractivity contribution in [3.05, 3.63) is 18.5 Å². The number of nitrogens with two attached hydrogens (primary N) is 1. The second-order valence-electron chi connectivity index (χ2n) is 4.06. The third kappa shape index (κ3) is 2.56. The van der Waals surface area contributed by atoms with Gasteiger partial charge in [0.1, 0.15) is 4.90 Å². The second-order valence-corrected chi connectivity index (χ2v) is 5.74. The van der Waals surface area contributed by atoms with Gasteiger partial charge >= 0.3 is 0 Å². The number of nitrogens with zero attached hydrogens (tertiary/aromatic N) is 1. The maximum Gasteiger partial charge on any atom is 0.244 e. The molecule has 1 aromatic heterocycles. The fourth-order valence-corrected chi connectivity index (χ4v) is 3.09. The minimum atomic E-state index is -3.58. The number of nitrogen functional groups attached to an aromatic ring is 1. The van der Waals surface area contributed by atoms with Crippen LogP contribution in [0.15, 0.2) is 23.4 Å². The van der Waals surface area contributed by atoms with Gasteiger partial charge < -0.3 is 10.5 Å². The SMILES string of the molecule is COC1CC(NS(=O)(=O)c2cnccc2N)C1. The Morgan fingerprint density at radius 1 is 1.53 bits per heavy atom. The zero-order valence-corrected chi connectivity index (χ0v) is 10.3. The molecular formula is C10H15N3O3S. The zero-order chi connectivity index (χ0) is 12.5. The van der Waals surface area contributed by atoms with Crippen LogP contribution in [0.4, 0.5) is 5.69 Å². The van der Waals surface area contributed by atoms with Gasteiger partial charge in [-0.1, -0.05) is 0 Å². The fraction of sp³-hybridized carbons (Fsp3) is 0.500. The van der Waals surface area contributed by atoms with Crippen molar-refractivity contribution in [3.8, 4) is 0 Å². The van der Waals surface area contributed by atoms with Crippen molar-refractivity contribution >= 4 is 15.7 Å². The van der Waals surface area contributed by atoms with E-state index in [1.165, 1.54) is 18.5 Å². The van der Waals surface area contributed by atoms with Crippen LogP contribution in [0.2, 0.25) is 0 Å². The van der Waals surface area contributed by atoms with E-state index in [0.717, 1.165) is 0 Å². The summed E-state index contributed by atoms with van der Waals surface area (Å²) in [4.78, 5) is 3.80. The van der Waals surface area contributed by atoms with Gasteiger partial charge in [-0.05, 0) is 18.9 Å². The molecule has 1 aliphatic rings. The van der Waals surface area contributed by atoms with Crippen molar-refractivity contribution in [3.63, 3.8) is 0 Å². The van der Waals surface area contributed by atoms with E-state index in [2.05, 4.69) is 9.71 Å². The van der Waals surface area contributed by atoms with Crippen LogP contribution in [0.1, 0.15) is 12.8 Å². The molecule has 94 valence electrons. The van der Waals surface area contributed by atoms with Gasteiger partial charge in [0.15, 0.2) is 0 Å². The first-order valence-electron chi connectivity index (χ1n) is 5.27. The number of methoxy groups -OCH3 is 1. The van der Waals surface area contributed by atoms with Crippen LogP contribution in [0.3, 0.4) is 0 Å². The van der Waals surface area contributed by atoms with E-state index in [4.69, 9.17) is 10.5 Å². The number of nitrogens with one attached hydrogen (secondary N) is 1. The number of aromatic nitrogens is 1. The van der Waals surface area contributed by atoms with Crippen molar-refractivity contribution in [2.24, 2.45) is 0 Å². The van der Waals surface area contributed by atoms with Crippen LogP contribution in [0.25, 0.3) is 0 Å². The van der Waals surface area contributed by atoms with E-state index in [-0.39, 0.29) is 22.7 Å². The first-order chi connectivity index (χ1) is 8.03. The van der Waals surface area contributed by atoms with Crippen LogP contribution in [-0.2, 0) is 14.8 Å². The molecule has 1 aromatic rings. The Balaban J connectivity index is 2.08. The number of hydrogen-bond acceptors (Lipinski definition) is 5. The molecule has 0 atom stereocenters. The molecule has 0 saturated heterocycles. The van der Waals surface area contributed by atoms with Gasteiger partial charge in [-0.2, -0.15) is 0 Å². The molecule has 17 heavy (non-hydrogen) atoms. The quantitative estimate of drug-likeness (QED) is 0.799. The summed E-state index contributed by atoms with van der Waals surface area (Å²) in [5.74, 6) is 0. The minimum Gasteiger partial charge on any atom is -0.398 e. The van der Waals surface area contributed by atoms with Crippen molar-refractivity contribution in [1.29, 1.82) is 0 Å². The highest BCUT2D eigenvalue weighted by molar-refractivity contribution is 7.89. The Bertz CT molecular complexity index is 497. The number of hydrogen-bond donors (Lipinski definition) is 2. The summed E-state index contributed by atoms with van der Waals surface area (Å²) < 4.78 is 31.6. The summed E-state index contributed by atoms with van der Waals surface area (Å²) in [6.45, 7) is 0. The molecule has 0 spiro atoms. The first-order valence-corrected chi connectivity index (χ1v) is 6.76. The third-order valence-corrected chi connectivity index (χ3v) is 4.42. The van der Waals surface area contributed by atoms with Gasteiger partial charge in [0.05, 0.1) is 11.8 Å². The van der Waals surface area contributed by atoms with Gasteiger partial charge in [-0.25, -0.2) is 13.1 Å². The molecule has 0 bridgehead atoms. The van der Waals surface area contributed by atoms with Crippen molar-refractivity contribution in [2.75, 3.05) is 12.8 Å². The lowest BCUT2D eigenvalue weighted by molar-refractivity contribution is 0.0236. The van der Waals surface area contributed by atoms with Gasteiger partial charge in [-0.3, -0.25) is 4.98 Å². The van der Waals surface area contributed by atoms with Crippen LogP contribution < -0.4 is 10.5 Å². The predicted octanol–water partition coefficient (Wildman–Crippen LogP) is 0.119. The van der Waals surface area contributed by atoms with Gasteiger partial charge in [0.2, 0.25) is 10.0 Å². The molecule has 0 aliphatic heterocycles. The van der Waals surface area contributed by atoms with Crippen molar-refractivity contribution in [2.45, 2.75) is 29.9 Å². The van der Waals surface area contributed by atoms with Gasteiger partial charge in [0.25, 0.3) is 0 Å². The van der Waals surface area contributed by atoms with E-state index in [9.17, 15) is 8.42 Å². The standard InChI is InChI=1S/C10H15N3O3S/c1-16-8-4-7(5-8)13-17(14,15)10-6-12-3-2-9(10)11/h2-3,6-8,13H,4-5H2,1H3,(H2,11,12). The molecule has 0 radical (unpaired) electrons.